The molecular weight excluding hydrogens is 450 g/mol. The van der Waals surface area contributed by atoms with Crippen molar-refractivity contribution in [3.05, 3.63) is 70.6 Å². The van der Waals surface area contributed by atoms with Gasteiger partial charge in [-0.2, -0.15) is 15.6 Å². The minimum Gasteiger partial charge on any atom is -0.395 e. The second kappa shape index (κ2) is 9.87. The van der Waals surface area contributed by atoms with Crippen LogP contribution in [0.2, 0.25) is 0 Å². The lowest BCUT2D eigenvalue weighted by Crippen LogP contribution is -2.47. The van der Waals surface area contributed by atoms with E-state index in [-0.39, 0.29) is 6.61 Å². The average molecular weight is 480 g/mol. The van der Waals surface area contributed by atoms with Gasteiger partial charge in [-0.1, -0.05) is 18.2 Å². The maximum Gasteiger partial charge on any atom is 0.0999 e. The number of hydrogen-bond acceptors (Lipinski definition) is 7. The van der Waals surface area contributed by atoms with Gasteiger partial charge in [0.25, 0.3) is 0 Å². The highest BCUT2D eigenvalue weighted by atomic mass is 16.3. The lowest BCUT2D eigenvalue weighted by molar-refractivity contribution is 0.189. The van der Waals surface area contributed by atoms with Gasteiger partial charge >= 0.3 is 0 Å². The number of aliphatic hydroxyl groups excluding tert-OH is 1. The number of anilines is 1. The van der Waals surface area contributed by atoms with Gasteiger partial charge in [-0.3, -0.25) is 10.00 Å². The summed E-state index contributed by atoms with van der Waals surface area (Å²) in [7, 11) is 0. The van der Waals surface area contributed by atoms with E-state index in [4.69, 9.17) is 5.11 Å². The lowest BCUT2D eigenvalue weighted by atomic mass is 9.81. The molecule has 0 atom stereocenters. The Kier molecular flexibility index (Phi) is 6.47. The summed E-state index contributed by atoms with van der Waals surface area (Å²) in [5.74, 6) is -0.403. The zero-order valence-corrected chi connectivity index (χ0v) is 20.5. The largest absolute Gasteiger partial charge is 0.395 e. The van der Waals surface area contributed by atoms with Crippen molar-refractivity contribution in [2.75, 3.05) is 44.2 Å². The molecule has 8 nitrogen and oxygen atoms in total. The molecule has 5 rings (SSSR count). The summed E-state index contributed by atoms with van der Waals surface area (Å²) in [5, 5.41) is 40.7. The second-order valence-corrected chi connectivity index (χ2v) is 9.34. The van der Waals surface area contributed by atoms with E-state index >= 15 is 0 Å². The number of aromatic amines is 1. The van der Waals surface area contributed by atoms with Gasteiger partial charge in [0.05, 0.1) is 47.0 Å². The molecule has 2 aromatic carbocycles. The number of allylic oxidation sites excluding steroid dienone is 4. The Morgan fingerprint density at radius 3 is 2.25 bits per heavy atom. The van der Waals surface area contributed by atoms with Crippen LogP contribution in [0.5, 0.6) is 0 Å². The standard InChI is InChI=1S/C28H29N7O/c1-18-24(16-29)27(25(17-30)19(2)31-18)21-5-8-26-23(15-21)28(33-32-26)20-3-6-22(7-4-20)35-11-9-34(10-12-35)13-14-36/h3-8,15,27,31,36H,9-14H2,1-2H3,(H,32,33). The van der Waals surface area contributed by atoms with Crippen molar-refractivity contribution in [1.29, 1.82) is 10.5 Å². The van der Waals surface area contributed by atoms with E-state index in [0.29, 0.717) is 11.1 Å². The van der Waals surface area contributed by atoms with Crippen LogP contribution in [-0.2, 0) is 0 Å². The number of nitrogens with one attached hydrogen (secondary N) is 2. The third kappa shape index (κ3) is 4.22. The highest BCUT2D eigenvalue weighted by molar-refractivity contribution is 5.93. The first-order chi connectivity index (χ1) is 17.5. The minimum atomic E-state index is -0.403. The number of β-amino-alcohol motifs (C(OH)–C–C–N with tert-alkyl or cyclic N) is 1. The zero-order chi connectivity index (χ0) is 25.2. The summed E-state index contributed by atoms with van der Waals surface area (Å²) in [6.07, 6.45) is 0. The Hall–Kier alpha value is -4.11. The number of benzene rings is 2. The summed E-state index contributed by atoms with van der Waals surface area (Å²) in [6.45, 7) is 8.45. The van der Waals surface area contributed by atoms with Gasteiger partial charge in [0.1, 0.15) is 0 Å². The van der Waals surface area contributed by atoms with Crippen LogP contribution in [0.1, 0.15) is 25.3 Å². The summed E-state index contributed by atoms with van der Waals surface area (Å²) in [5.41, 5.74) is 7.51. The number of nitrogens with zero attached hydrogens (tertiary/aromatic N) is 5. The number of H-pyrrole nitrogens is 1. The fourth-order valence-corrected chi connectivity index (χ4v) is 5.26. The van der Waals surface area contributed by atoms with Crippen LogP contribution in [-0.4, -0.2) is 59.5 Å². The second-order valence-electron chi connectivity index (χ2n) is 9.34. The molecule has 0 spiro atoms. The number of aromatic nitrogens is 2. The lowest BCUT2D eigenvalue weighted by Gasteiger charge is -2.35. The van der Waals surface area contributed by atoms with Crippen LogP contribution < -0.4 is 10.2 Å². The van der Waals surface area contributed by atoms with E-state index in [1.165, 1.54) is 5.69 Å². The number of nitriles is 2. The quantitative estimate of drug-likeness (QED) is 0.512. The summed E-state index contributed by atoms with van der Waals surface area (Å²) in [4.78, 5) is 4.65. The van der Waals surface area contributed by atoms with Crippen LogP contribution in [0.25, 0.3) is 22.2 Å². The molecule has 0 unspecified atom stereocenters. The SMILES string of the molecule is CC1=C(C#N)C(c2ccc3[nH]nc(-c4ccc(N5CCN(CCO)CC5)cc4)c3c2)C(C#N)=C(C)N1. The van der Waals surface area contributed by atoms with Gasteiger partial charge in [-0.05, 0) is 43.7 Å². The number of hydrogen-bond donors (Lipinski definition) is 3. The number of fused-ring (bicyclic) bond motifs is 1. The fourth-order valence-electron chi connectivity index (χ4n) is 5.26. The molecule has 8 heteroatoms. The molecule has 0 bridgehead atoms. The summed E-state index contributed by atoms with van der Waals surface area (Å²) < 4.78 is 0. The first kappa shape index (κ1) is 23.6. The molecule has 0 radical (unpaired) electrons. The minimum absolute atomic E-state index is 0.201. The fraction of sp³-hybridized carbons (Fsp3) is 0.321. The van der Waals surface area contributed by atoms with E-state index < -0.39 is 5.92 Å². The van der Waals surface area contributed by atoms with Crippen molar-refractivity contribution in [3.8, 4) is 23.4 Å². The first-order valence-electron chi connectivity index (χ1n) is 12.2. The number of rotatable bonds is 5. The molecule has 0 saturated carbocycles. The average Bonchev–Trinajstić information content (AvgIpc) is 3.32. The Morgan fingerprint density at radius 2 is 1.64 bits per heavy atom. The van der Waals surface area contributed by atoms with E-state index in [2.05, 4.69) is 61.7 Å². The van der Waals surface area contributed by atoms with Crippen LogP contribution in [0.15, 0.2) is 65.0 Å². The van der Waals surface area contributed by atoms with Crippen molar-refractivity contribution >= 4 is 16.6 Å². The molecule has 0 amide bonds. The Labute approximate surface area is 210 Å². The monoisotopic (exact) mass is 479 g/mol. The van der Waals surface area contributed by atoms with Crippen molar-refractivity contribution in [1.82, 2.24) is 20.4 Å². The first-order valence-corrected chi connectivity index (χ1v) is 12.2. The molecule has 2 aliphatic rings. The molecule has 182 valence electrons. The van der Waals surface area contributed by atoms with E-state index in [1.807, 2.05) is 32.0 Å². The number of aliphatic hydroxyl groups is 1. The Bertz CT molecular complexity index is 1390. The van der Waals surface area contributed by atoms with Crippen LogP contribution in [0.3, 0.4) is 0 Å². The van der Waals surface area contributed by atoms with Crippen molar-refractivity contribution in [2.24, 2.45) is 0 Å². The van der Waals surface area contributed by atoms with Crippen molar-refractivity contribution in [2.45, 2.75) is 19.8 Å². The number of piperazine rings is 1. The summed E-state index contributed by atoms with van der Waals surface area (Å²) in [6, 6.07) is 19.1. The highest BCUT2D eigenvalue weighted by Gasteiger charge is 2.29. The van der Waals surface area contributed by atoms with Crippen LogP contribution in [0.4, 0.5) is 5.69 Å². The van der Waals surface area contributed by atoms with Gasteiger partial charge in [-0.25, -0.2) is 0 Å². The molecular formula is C28H29N7O. The van der Waals surface area contributed by atoms with Crippen LogP contribution in [0, 0.1) is 22.7 Å². The third-order valence-corrected chi connectivity index (χ3v) is 7.22. The van der Waals surface area contributed by atoms with Crippen molar-refractivity contribution in [3.63, 3.8) is 0 Å². The van der Waals surface area contributed by atoms with E-state index in [1.54, 1.807) is 0 Å². The molecule has 1 aromatic heterocycles. The predicted molar refractivity (Wildman–Crippen MR) is 140 cm³/mol. The molecule has 3 heterocycles. The number of dihydropyridines is 1. The Balaban J connectivity index is 1.46. The molecule has 1 fully saturated rings. The zero-order valence-electron chi connectivity index (χ0n) is 20.5. The predicted octanol–water partition coefficient (Wildman–Crippen LogP) is 3.63. The van der Waals surface area contributed by atoms with Gasteiger partial charge in [0.2, 0.25) is 0 Å². The van der Waals surface area contributed by atoms with Gasteiger partial charge < -0.3 is 15.3 Å². The van der Waals surface area contributed by atoms with Crippen molar-refractivity contribution < 1.29 is 5.11 Å². The molecule has 36 heavy (non-hydrogen) atoms. The van der Waals surface area contributed by atoms with Gasteiger partial charge in [-0.15, -0.1) is 0 Å². The molecule has 1 saturated heterocycles. The van der Waals surface area contributed by atoms with Gasteiger partial charge in [0, 0.05) is 60.8 Å². The smallest absolute Gasteiger partial charge is 0.0999 e. The molecule has 3 N–H and O–H groups in total. The van der Waals surface area contributed by atoms with Gasteiger partial charge in [0.15, 0.2) is 0 Å². The maximum absolute atomic E-state index is 9.86. The highest BCUT2D eigenvalue weighted by Crippen LogP contribution is 2.39. The molecule has 3 aromatic rings. The normalized spacial score (nSPS) is 17.3. The van der Waals surface area contributed by atoms with E-state index in [0.717, 1.165) is 71.8 Å². The third-order valence-electron chi connectivity index (χ3n) is 7.22. The van der Waals surface area contributed by atoms with E-state index in [9.17, 15) is 10.5 Å². The topological polar surface area (TPSA) is 115 Å². The maximum atomic E-state index is 9.86. The van der Waals surface area contributed by atoms with Crippen LogP contribution >= 0.6 is 0 Å². The molecule has 0 aliphatic carbocycles. The summed E-state index contributed by atoms with van der Waals surface area (Å²) >= 11 is 0. The Morgan fingerprint density at radius 1 is 0.972 bits per heavy atom. The molecule has 2 aliphatic heterocycles.